The minimum atomic E-state index is -4.37. The number of Topliss-reactive ketones (excluding diaryl/α,β-unsaturated/α-hetero) is 1. The molecule has 0 radical (unpaired) electrons. The van der Waals surface area contributed by atoms with Gasteiger partial charge in [-0.25, -0.2) is 0 Å². The van der Waals surface area contributed by atoms with Crippen LogP contribution in [0.25, 0.3) is 0 Å². The molecule has 0 fully saturated rings. The van der Waals surface area contributed by atoms with Crippen molar-refractivity contribution in [2.24, 2.45) is 0 Å². The second kappa shape index (κ2) is 4.87. The summed E-state index contributed by atoms with van der Waals surface area (Å²) in [6.45, 7) is 4.45. The second-order valence-electron chi connectivity index (χ2n) is 4.88. The maximum atomic E-state index is 13.1. The quantitative estimate of drug-likeness (QED) is 0.837. The van der Waals surface area contributed by atoms with Gasteiger partial charge in [0, 0.05) is 31.1 Å². The molecule has 1 aromatic carbocycles. The molecule has 19 heavy (non-hydrogen) atoms. The predicted octanol–water partition coefficient (Wildman–Crippen LogP) is 3.61. The summed E-state index contributed by atoms with van der Waals surface area (Å²) in [5.41, 5.74) is 0.294. The van der Waals surface area contributed by atoms with Gasteiger partial charge < -0.3 is 9.69 Å². The first-order valence-electron chi connectivity index (χ1n) is 6.29. The number of halogens is 3. The van der Waals surface area contributed by atoms with Crippen molar-refractivity contribution in [2.45, 2.75) is 32.4 Å². The average Bonchev–Trinajstić information content (AvgIpc) is 2.65. The van der Waals surface area contributed by atoms with Crippen molar-refractivity contribution in [1.82, 2.24) is 0 Å². The molecule has 0 aromatic heterocycles. The Morgan fingerprint density at radius 3 is 2.63 bits per heavy atom. The Bertz CT molecular complexity index is 496. The summed E-state index contributed by atoms with van der Waals surface area (Å²) in [5, 5.41) is 0. The first kappa shape index (κ1) is 13.9. The van der Waals surface area contributed by atoms with E-state index in [0.717, 1.165) is 6.07 Å². The van der Waals surface area contributed by atoms with Crippen LogP contribution in [0, 0.1) is 0 Å². The predicted molar refractivity (Wildman–Crippen MR) is 67.4 cm³/mol. The summed E-state index contributed by atoms with van der Waals surface area (Å²) in [5.74, 6) is -0.434. The van der Waals surface area contributed by atoms with Crippen LogP contribution in [0.2, 0.25) is 0 Å². The lowest BCUT2D eigenvalue weighted by Gasteiger charge is -2.17. The van der Waals surface area contributed by atoms with Crippen LogP contribution in [0.15, 0.2) is 18.2 Å². The fourth-order valence-corrected chi connectivity index (χ4v) is 2.77. The van der Waals surface area contributed by atoms with E-state index in [1.54, 1.807) is 6.07 Å². The van der Waals surface area contributed by atoms with E-state index >= 15 is 0 Å². The molecule has 0 amide bonds. The standard InChI is InChI=1S/C14H16F3NO/c1-3-18-8-10(7-9(2)19)13-11(14(15,16)17)5-4-6-12(13)18/h4-6,10H,3,7-8H2,1-2H3. The number of rotatable bonds is 3. The summed E-state index contributed by atoms with van der Waals surface area (Å²) >= 11 is 0. The second-order valence-corrected chi connectivity index (χ2v) is 4.88. The molecule has 0 saturated carbocycles. The largest absolute Gasteiger partial charge is 0.416 e. The highest BCUT2D eigenvalue weighted by molar-refractivity contribution is 5.78. The van der Waals surface area contributed by atoms with Gasteiger partial charge in [0.25, 0.3) is 0 Å². The molecule has 104 valence electrons. The molecule has 0 bridgehead atoms. The van der Waals surface area contributed by atoms with Crippen LogP contribution in [-0.4, -0.2) is 18.9 Å². The first-order valence-corrected chi connectivity index (χ1v) is 6.29. The minimum Gasteiger partial charge on any atom is -0.371 e. The van der Waals surface area contributed by atoms with E-state index in [0.29, 0.717) is 18.8 Å². The van der Waals surface area contributed by atoms with Crippen LogP contribution in [0.3, 0.4) is 0 Å². The topological polar surface area (TPSA) is 20.3 Å². The van der Waals surface area contributed by atoms with Crippen LogP contribution >= 0.6 is 0 Å². The molecule has 0 aliphatic carbocycles. The number of carbonyl (C=O) groups excluding carboxylic acids is 1. The van der Waals surface area contributed by atoms with E-state index in [4.69, 9.17) is 0 Å². The SMILES string of the molecule is CCN1CC(CC(C)=O)c2c1cccc2C(F)(F)F. The highest BCUT2D eigenvalue weighted by atomic mass is 19.4. The fourth-order valence-electron chi connectivity index (χ4n) is 2.77. The maximum absolute atomic E-state index is 13.1. The van der Waals surface area contributed by atoms with Crippen LogP contribution in [0.1, 0.15) is 37.3 Å². The van der Waals surface area contributed by atoms with Crippen molar-refractivity contribution < 1.29 is 18.0 Å². The Labute approximate surface area is 110 Å². The Kier molecular flexibility index (Phi) is 3.56. The third-order valence-corrected chi connectivity index (χ3v) is 3.49. The molecule has 1 aliphatic rings. The van der Waals surface area contributed by atoms with Gasteiger partial charge in [0.2, 0.25) is 0 Å². The van der Waals surface area contributed by atoms with Crippen LogP contribution in [0.4, 0.5) is 18.9 Å². The smallest absolute Gasteiger partial charge is 0.371 e. The number of alkyl halides is 3. The number of fused-ring (bicyclic) bond motifs is 1. The number of likely N-dealkylation sites (N-methyl/N-ethyl adjacent to an activating group) is 1. The summed E-state index contributed by atoms with van der Waals surface area (Å²) in [7, 11) is 0. The van der Waals surface area contributed by atoms with Gasteiger partial charge in [0.05, 0.1) is 5.56 Å². The van der Waals surface area contributed by atoms with Crippen LogP contribution < -0.4 is 4.90 Å². The molecular formula is C14H16F3NO. The Morgan fingerprint density at radius 2 is 2.11 bits per heavy atom. The lowest BCUT2D eigenvalue weighted by atomic mass is 9.91. The number of ketones is 1. The maximum Gasteiger partial charge on any atom is 0.416 e. The van der Waals surface area contributed by atoms with Crippen molar-refractivity contribution in [2.75, 3.05) is 18.0 Å². The van der Waals surface area contributed by atoms with Gasteiger partial charge in [-0.15, -0.1) is 0 Å². The first-order chi connectivity index (χ1) is 8.84. The number of carbonyl (C=O) groups is 1. The zero-order valence-corrected chi connectivity index (χ0v) is 10.9. The fraction of sp³-hybridized carbons (Fsp3) is 0.500. The van der Waals surface area contributed by atoms with Gasteiger partial charge in [-0.05, 0) is 31.5 Å². The van der Waals surface area contributed by atoms with Crippen molar-refractivity contribution in [3.8, 4) is 0 Å². The Morgan fingerprint density at radius 1 is 1.42 bits per heavy atom. The lowest BCUT2D eigenvalue weighted by molar-refractivity contribution is -0.138. The van der Waals surface area contributed by atoms with Gasteiger partial charge in [-0.3, -0.25) is 0 Å². The summed E-state index contributed by atoms with van der Waals surface area (Å²) in [6, 6.07) is 4.24. The number of hydrogen-bond acceptors (Lipinski definition) is 2. The van der Waals surface area contributed by atoms with Crippen molar-refractivity contribution >= 4 is 11.5 Å². The number of anilines is 1. The van der Waals surface area contributed by atoms with E-state index < -0.39 is 11.7 Å². The zero-order valence-electron chi connectivity index (χ0n) is 10.9. The van der Waals surface area contributed by atoms with Gasteiger partial charge in [0.15, 0.2) is 0 Å². The summed E-state index contributed by atoms with van der Waals surface area (Å²) in [6.07, 6.45) is -4.21. The third-order valence-electron chi connectivity index (χ3n) is 3.49. The molecule has 0 N–H and O–H groups in total. The van der Waals surface area contributed by atoms with Gasteiger partial charge in [0.1, 0.15) is 5.78 Å². The van der Waals surface area contributed by atoms with E-state index in [2.05, 4.69) is 0 Å². The third kappa shape index (κ3) is 2.60. The van der Waals surface area contributed by atoms with Crippen LogP contribution in [-0.2, 0) is 11.0 Å². The summed E-state index contributed by atoms with van der Waals surface area (Å²) in [4.78, 5) is 13.2. The van der Waals surface area contributed by atoms with Gasteiger partial charge in [-0.1, -0.05) is 6.07 Å². The molecule has 0 spiro atoms. The zero-order chi connectivity index (χ0) is 14.2. The Hall–Kier alpha value is -1.52. The molecule has 1 aromatic rings. The van der Waals surface area contributed by atoms with E-state index in [-0.39, 0.29) is 23.7 Å². The summed E-state index contributed by atoms with van der Waals surface area (Å²) < 4.78 is 39.2. The molecule has 1 aliphatic heterocycles. The molecule has 1 unspecified atom stereocenters. The highest BCUT2D eigenvalue weighted by Crippen LogP contribution is 2.45. The van der Waals surface area contributed by atoms with E-state index in [9.17, 15) is 18.0 Å². The molecule has 2 rings (SSSR count). The number of nitrogens with zero attached hydrogens (tertiary/aromatic N) is 1. The number of benzene rings is 1. The van der Waals surface area contributed by atoms with Crippen molar-refractivity contribution in [1.29, 1.82) is 0 Å². The van der Waals surface area contributed by atoms with Crippen LogP contribution in [0.5, 0.6) is 0 Å². The molecule has 1 atom stereocenters. The average molecular weight is 271 g/mol. The Balaban J connectivity index is 2.52. The number of hydrogen-bond donors (Lipinski definition) is 0. The normalized spacial score (nSPS) is 18.6. The molecule has 2 nitrogen and oxygen atoms in total. The molecule has 5 heteroatoms. The molecule has 0 saturated heterocycles. The van der Waals surface area contributed by atoms with E-state index in [1.807, 2.05) is 11.8 Å². The molecule has 1 heterocycles. The minimum absolute atomic E-state index is 0.0779. The van der Waals surface area contributed by atoms with E-state index in [1.165, 1.54) is 13.0 Å². The van der Waals surface area contributed by atoms with Gasteiger partial charge >= 0.3 is 6.18 Å². The highest BCUT2D eigenvalue weighted by Gasteiger charge is 2.40. The monoisotopic (exact) mass is 271 g/mol. The molecular weight excluding hydrogens is 255 g/mol. The van der Waals surface area contributed by atoms with Gasteiger partial charge in [-0.2, -0.15) is 13.2 Å². The lowest BCUT2D eigenvalue weighted by Crippen LogP contribution is -2.21. The van der Waals surface area contributed by atoms with Crippen molar-refractivity contribution in [3.63, 3.8) is 0 Å². The van der Waals surface area contributed by atoms with Crippen molar-refractivity contribution in [3.05, 3.63) is 29.3 Å².